The summed E-state index contributed by atoms with van der Waals surface area (Å²) in [5.74, 6) is 0.639. The number of likely N-dealkylation sites (tertiary alicyclic amines) is 2. The number of benzene rings is 3. The molecule has 2 aliphatic rings. The van der Waals surface area contributed by atoms with Crippen molar-refractivity contribution in [2.75, 3.05) is 61.5 Å². The third-order valence-corrected chi connectivity index (χ3v) is 16.2. The molecule has 0 saturated carbocycles. The van der Waals surface area contributed by atoms with Crippen molar-refractivity contribution < 1.29 is 32.6 Å². The van der Waals surface area contributed by atoms with E-state index in [1.807, 2.05) is 70.5 Å². The Morgan fingerprint density at radius 3 is 2.37 bits per heavy atom. The molecule has 2 saturated heterocycles. The lowest BCUT2D eigenvalue weighted by atomic mass is 9.85. The normalized spacial score (nSPS) is 17.4. The van der Waals surface area contributed by atoms with Gasteiger partial charge in [0.2, 0.25) is 33.7 Å². The molecule has 3 amide bonds. The van der Waals surface area contributed by atoms with E-state index in [0.717, 1.165) is 73.3 Å². The average Bonchev–Trinajstić information content (AvgIpc) is 3.98. The van der Waals surface area contributed by atoms with Crippen molar-refractivity contribution in [3.63, 3.8) is 0 Å². The number of hydrogen-bond donors (Lipinski definition) is 5. The number of sulfonamides is 1. The van der Waals surface area contributed by atoms with Gasteiger partial charge in [-0.25, -0.2) is 18.4 Å². The van der Waals surface area contributed by atoms with Crippen LogP contribution in [0.1, 0.15) is 101 Å². The van der Waals surface area contributed by atoms with E-state index in [2.05, 4.69) is 53.3 Å². The first kappa shape index (κ1) is 54.9. The molecule has 4 unspecified atom stereocenters. The van der Waals surface area contributed by atoms with Crippen LogP contribution < -0.4 is 30.3 Å². The Hall–Kier alpha value is -5.86. The Morgan fingerprint density at radius 2 is 1.70 bits per heavy atom. The van der Waals surface area contributed by atoms with Gasteiger partial charge in [-0.3, -0.25) is 18.7 Å². The summed E-state index contributed by atoms with van der Waals surface area (Å²) < 4.78 is 31.6. The van der Waals surface area contributed by atoms with Crippen LogP contribution in [-0.2, 0) is 24.4 Å². The number of piperidine rings is 1. The number of carbonyl (C=O) groups is 3. The van der Waals surface area contributed by atoms with Crippen LogP contribution in [0.5, 0.6) is 5.75 Å². The van der Waals surface area contributed by atoms with Crippen molar-refractivity contribution in [1.29, 1.82) is 0 Å². The molecule has 392 valence electrons. The minimum Gasteiger partial charge on any atom is -0.495 e. The molecule has 4 heterocycles. The second-order valence-electron chi connectivity index (χ2n) is 20.2. The van der Waals surface area contributed by atoms with Gasteiger partial charge in [-0.1, -0.05) is 81.3 Å². The van der Waals surface area contributed by atoms with Gasteiger partial charge in [-0.05, 0) is 111 Å². The molecule has 2 aromatic heterocycles. The minimum atomic E-state index is -3.52. The summed E-state index contributed by atoms with van der Waals surface area (Å²) in [6, 6.07) is 19.0. The number of nitrogens with zero attached hydrogens (tertiary/aromatic N) is 6. The number of amides is 3. The number of halogens is 1. The lowest BCUT2D eigenvalue weighted by Gasteiger charge is -2.35. The van der Waals surface area contributed by atoms with E-state index >= 15 is 0 Å². The lowest BCUT2D eigenvalue weighted by molar-refractivity contribution is -0.144. The predicted octanol–water partition coefficient (Wildman–Crippen LogP) is 8.56. The van der Waals surface area contributed by atoms with Crippen LogP contribution in [0.3, 0.4) is 0 Å². The molecule has 4 atom stereocenters. The van der Waals surface area contributed by atoms with Gasteiger partial charge in [0.25, 0.3) is 0 Å². The number of aryl methyl sites for hydroxylation is 1. The molecule has 0 spiro atoms. The standard InChI is InChI=1S/C53H69ClN10O7S2/c1-33(35-17-19-37(20-18-35)47-34(2)56-32-72-47)57-50(67)44-29-39(65)31-64(44)51(68)48(53(3,4)5)60-46(66)16-10-9-13-25-63-26-23-36(24-27-63)38-21-22-42(45(28-38)71-7)59-52-55-30-40(54)49(61-52)58-41-14-11-12-15-43(41)62(6)73(8,69)70/h11-12,14-15,17-22,28,30,32-33,36,39,44,48,65H,9-10,13,16,23-27,29,31H2,1-8H3,(H,57,67)(H,60,66)(H2,55,58,59,61). The fourth-order valence-corrected chi connectivity index (χ4v) is 10.9. The van der Waals surface area contributed by atoms with Gasteiger partial charge in [0.15, 0.2) is 5.82 Å². The second-order valence-corrected chi connectivity index (χ2v) is 23.4. The van der Waals surface area contributed by atoms with Gasteiger partial charge in [0, 0.05) is 26.4 Å². The van der Waals surface area contributed by atoms with Crippen molar-refractivity contribution in [2.45, 2.75) is 110 Å². The smallest absolute Gasteiger partial charge is 0.246 e. The number of hydrogen-bond acceptors (Lipinski definition) is 14. The molecule has 2 fully saturated rings. The molecule has 3 aromatic carbocycles. The molecule has 0 aliphatic carbocycles. The quantitative estimate of drug-likeness (QED) is 0.0463. The fourth-order valence-electron chi connectivity index (χ4n) is 9.40. The average molecular weight is 1060 g/mol. The number of aromatic nitrogens is 3. The SMILES string of the molecule is COc1cc(C2CCN(CCCCCC(=O)NC(C(=O)N3CC(O)CC3C(=O)NC(C)c3ccc(-c4scnc4C)cc3)C(C)(C)C)CC2)ccc1Nc1ncc(Cl)c(Nc2ccccc2N(C)S(C)(=O)=O)n1. The first-order valence-electron chi connectivity index (χ1n) is 24.8. The zero-order chi connectivity index (χ0) is 52.6. The highest BCUT2D eigenvalue weighted by Crippen LogP contribution is 2.37. The van der Waals surface area contributed by atoms with Crippen LogP contribution in [0.2, 0.25) is 5.02 Å². The van der Waals surface area contributed by atoms with E-state index in [-0.39, 0.29) is 54.1 Å². The number of aliphatic hydroxyl groups excluding tert-OH is 1. The molecule has 7 rings (SSSR count). The number of nitrogens with one attached hydrogen (secondary N) is 4. The number of carbonyl (C=O) groups excluding carboxylic acids is 3. The summed E-state index contributed by atoms with van der Waals surface area (Å²) in [6.07, 6.45) is 6.62. The molecular formula is C53H69ClN10O7S2. The highest BCUT2D eigenvalue weighted by Gasteiger charge is 2.44. The molecule has 2 aliphatic heterocycles. The summed E-state index contributed by atoms with van der Waals surface area (Å²) in [5.41, 5.74) is 6.91. The van der Waals surface area contributed by atoms with Gasteiger partial charge in [0.05, 0.1) is 64.9 Å². The van der Waals surface area contributed by atoms with E-state index in [4.69, 9.17) is 16.3 Å². The highest BCUT2D eigenvalue weighted by atomic mass is 35.5. The van der Waals surface area contributed by atoms with Gasteiger partial charge >= 0.3 is 0 Å². The summed E-state index contributed by atoms with van der Waals surface area (Å²) in [6.45, 7) is 12.4. The largest absolute Gasteiger partial charge is 0.495 e. The second kappa shape index (κ2) is 24.0. The summed E-state index contributed by atoms with van der Waals surface area (Å²) in [4.78, 5) is 59.6. The van der Waals surface area contributed by atoms with Gasteiger partial charge < -0.3 is 40.9 Å². The van der Waals surface area contributed by atoms with Gasteiger partial charge in [-0.2, -0.15) is 4.98 Å². The third-order valence-electron chi connectivity index (χ3n) is 13.7. The van der Waals surface area contributed by atoms with Gasteiger partial charge in [0.1, 0.15) is 22.9 Å². The van der Waals surface area contributed by atoms with E-state index in [1.165, 1.54) is 28.0 Å². The van der Waals surface area contributed by atoms with Crippen molar-refractivity contribution in [1.82, 2.24) is 35.4 Å². The maximum absolute atomic E-state index is 14.2. The molecule has 17 nitrogen and oxygen atoms in total. The number of rotatable bonds is 20. The molecule has 73 heavy (non-hydrogen) atoms. The number of β-amino-alcohol motifs (C(OH)–C–C–N with tert-alkyl or cyclic N) is 1. The predicted molar refractivity (Wildman–Crippen MR) is 290 cm³/mol. The number of thiazole rings is 1. The van der Waals surface area contributed by atoms with E-state index in [1.54, 1.807) is 42.7 Å². The first-order chi connectivity index (χ1) is 34.7. The van der Waals surface area contributed by atoms with Gasteiger partial charge in [-0.15, -0.1) is 11.3 Å². The number of para-hydroxylation sites is 2. The van der Waals surface area contributed by atoms with Crippen LogP contribution in [0.15, 0.2) is 78.4 Å². The van der Waals surface area contributed by atoms with E-state index < -0.39 is 33.6 Å². The zero-order valence-corrected chi connectivity index (χ0v) is 45.3. The lowest BCUT2D eigenvalue weighted by Crippen LogP contribution is -2.57. The molecule has 0 bridgehead atoms. The summed E-state index contributed by atoms with van der Waals surface area (Å²) >= 11 is 8.06. The topological polar surface area (TPSA) is 211 Å². The number of unbranched alkanes of at least 4 members (excludes halogenated alkanes) is 2. The van der Waals surface area contributed by atoms with Crippen LogP contribution in [0.4, 0.5) is 28.8 Å². The number of ether oxygens (including phenoxy) is 1. The van der Waals surface area contributed by atoms with Crippen molar-refractivity contribution in [3.05, 3.63) is 100 Å². The first-order valence-corrected chi connectivity index (χ1v) is 27.9. The number of anilines is 5. The molecule has 0 radical (unpaired) electrons. The Bertz CT molecular complexity index is 2840. The minimum absolute atomic E-state index is 0.0159. The van der Waals surface area contributed by atoms with Crippen molar-refractivity contribution in [3.8, 4) is 16.2 Å². The number of aliphatic hydroxyl groups is 1. The highest BCUT2D eigenvalue weighted by molar-refractivity contribution is 7.92. The molecular weight excluding hydrogens is 988 g/mol. The third kappa shape index (κ3) is 14.1. The van der Waals surface area contributed by atoms with Crippen molar-refractivity contribution >= 4 is 79.5 Å². The van der Waals surface area contributed by atoms with Crippen LogP contribution in [0, 0.1) is 12.3 Å². The summed E-state index contributed by atoms with van der Waals surface area (Å²) in [7, 11) is -0.417. The fraction of sp³-hybridized carbons (Fsp3) is 0.472. The maximum Gasteiger partial charge on any atom is 0.246 e. The van der Waals surface area contributed by atoms with Crippen molar-refractivity contribution in [2.24, 2.45) is 5.41 Å². The maximum atomic E-state index is 14.2. The molecule has 5 N–H and O–H groups in total. The monoisotopic (exact) mass is 1060 g/mol. The molecule has 5 aromatic rings. The van der Waals surface area contributed by atoms with E-state index in [9.17, 15) is 27.9 Å². The molecule has 20 heteroatoms. The summed E-state index contributed by atoms with van der Waals surface area (Å²) in [5, 5.41) is 23.4. The number of methoxy groups -OCH3 is 1. The van der Waals surface area contributed by atoms with Crippen LogP contribution in [-0.4, -0.2) is 121 Å². The Labute approximate surface area is 438 Å². The van der Waals surface area contributed by atoms with E-state index in [0.29, 0.717) is 41.0 Å². The van der Waals surface area contributed by atoms with Crippen LogP contribution >= 0.6 is 22.9 Å². The zero-order valence-electron chi connectivity index (χ0n) is 42.9. The Kier molecular flexibility index (Phi) is 18.0. The van der Waals surface area contributed by atoms with Crippen LogP contribution in [0.25, 0.3) is 10.4 Å². The Morgan fingerprint density at radius 1 is 0.973 bits per heavy atom. The Balaban J connectivity index is 0.848.